The van der Waals surface area contributed by atoms with Crippen molar-refractivity contribution < 1.29 is 8.42 Å². The summed E-state index contributed by atoms with van der Waals surface area (Å²) < 4.78 is 26.1. The number of benzene rings is 1. The SMILES string of the molecule is C=Cc1ccc(S(=O)(=O)NC2CC2)cc1. The number of rotatable bonds is 4. The van der Waals surface area contributed by atoms with Gasteiger partial charge in [0.05, 0.1) is 4.90 Å². The summed E-state index contributed by atoms with van der Waals surface area (Å²) in [5.74, 6) is 0. The minimum Gasteiger partial charge on any atom is -0.208 e. The van der Waals surface area contributed by atoms with Crippen molar-refractivity contribution >= 4 is 16.1 Å². The lowest BCUT2D eigenvalue weighted by atomic mass is 10.2. The van der Waals surface area contributed by atoms with Crippen molar-refractivity contribution in [2.45, 2.75) is 23.8 Å². The molecule has 1 aliphatic rings. The first-order valence-corrected chi connectivity index (χ1v) is 6.35. The van der Waals surface area contributed by atoms with Crippen molar-refractivity contribution in [1.29, 1.82) is 0 Å². The fourth-order valence-corrected chi connectivity index (χ4v) is 2.58. The predicted octanol–water partition coefficient (Wildman–Crippen LogP) is 1.77. The van der Waals surface area contributed by atoms with Gasteiger partial charge in [0.2, 0.25) is 10.0 Å². The first kappa shape index (κ1) is 10.4. The number of sulfonamides is 1. The molecule has 1 saturated carbocycles. The highest BCUT2D eigenvalue weighted by Crippen LogP contribution is 2.22. The van der Waals surface area contributed by atoms with E-state index < -0.39 is 10.0 Å². The predicted molar refractivity (Wildman–Crippen MR) is 59.9 cm³/mol. The van der Waals surface area contributed by atoms with E-state index in [0.717, 1.165) is 18.4 Å². The Kier molecular flexibility index (Phi) is 2.63. The zero-order valence-corrected chi connectivity index (χ0v) is 9.13. The second-order valence-corrected chi connectivity index (χ2v) is 5.38. The zero-order valence-electron chi connectivity index (χ0n) is 8.31. The molecule has 1 N–H and O–H groups in total. The number of nitrogens with one attached hydrogen (secondary N) is 1. The van der Waals surface area contributed by atoms with E-state index >= 15 is 0 Å². The van der Waals surface area contributed by atoms with Gasteiger partial charge in [-0.25, -0.2) is 13.1 Å². The highest BCUT2D eigenvalue weighted by molar-refractivity contribution is 7.89. The summed E-state index contributed by atoms with van der Waals surface area (Å²) in [5.41, 5.74) is 0.917. The van der Waals surface area contributed by atoms with Crippen LogP contribution in [0.25, 0.3) is 6.08 Å². The van der Waals surface area contributed by atoms with Crippen LogP contribution in [0.4, 0.5) is 0 Å². The molecule has 0 radical (unpaired) electrons. The van der Waals surface area contributed by atoms with Crippen molar-refractivity contribution in [2.24, 2.45) is 0 Å². The van der Waals surface area contributed by atoms with E-state index in [1.165, 1.54) is 0 Å². The molecule has 0 bridgehead atoms. The molecule has 3 nitrogen and oxygen atoms in total. The normalized spacial score (nSPS) is 16.3. The average molecular weight is 223 g/mol. The Hall–Kier alpha value is -1.13. The molecule has 80 valence electrons. The molecule has 15 heavy (non-hydrogen) atoms. The van der Waals surface area contributed by atoms with Gasteiger partial charge >= 0.3 is 0 Å². The molecule has 0 spiro atoms. The van der Waals surface area contributed by atoms with E-state index in [9.17, 15) is 8.42 Å². The molecule has 2 rings (SSSR count). The van der Waals surface area contributed by atoms with Crippen molar-refractivity contribution in [3.63, 3.8) is 0 Å². The van der Waals surface area contributed by atoms with Crippen LogP contribution < -0.4 is 4.72 Å². The van der Waals surface area contributed by atoms with Crippen LogP contribution in [0, 0.1) is 0 Å². The monoisotopic (exact) mass is 223 g/mol. The summed E-state index contributed by atoms with van der Waals surface area (Å²) in [5, 5.41) is 0. The minimum atomic E-state index is -3.31. The van der Waals surface area contributed by atoms with Crippen LogP contribution in [-0.4, -0.2) is 14.5 Å². The van der Waals surface area contributed by atoms with Gasteiger partial charge < -0.3 is 0 Å². The first-order chi connectivity index (χ1) is 7.12. The van der Waals surface area contributed by atoms with Crippen LogP contribution in [0.15, 0.2) is 35.7 Å². The van der Waals surface area contributed by atoms with Gasteiger partial charge in [-0.1, -0.05) is 24.8 Å². The van der Waals surface area contributed by atoms with Crippen LogP contribution in [0.1, 0.15) is 18.4 Å². The van der Waals surface area contributed by atoms with Gasteiger partial charge in [-0.05, 0) is 30.5 Å². The van der Waals surface area contributed by atoms with Crippen LogP contribution >= 0.6 is 0 Å². The molecule has 0 amide bonds. The fourth-order valence-electron chi connectivity index (χ4n) is 1.27. The van der Waals surface area contributed by atoms with Gasteiger partial charge in [-0.3, -0.25) is 0 Å². The van der Waals surface area contributed by atoms with Crippen molar-refractivity contribution in [3.05, 3.63) is 36.4 Å². The standard InChI is InChI=1S/C11H13NO2S/c1-2-9-3-7-11(8-4-9)15(13,14)12-10-5-6-10/h2-4,7-8,10,12H,1,5-6H2. The Labute approximate surface area is 89.9 Å². The highest BCUT2D eigenvalue weighted by atomic mass is 32.2. The summed E-state index contributed by atoms with van der Waals surface area (Å²) in [6.45, 7) is 3.62. The molecule has 1 aromatic rings. The molecule has 4 heteroatoms. The molecule has 0 saturated heterocycles. The van der Waals surface area contributed by atoms with Crippen molar-refractivity contribution in [1.82, 2.24) is 4.72 Å². The van der Waals surface area contributed by atoms with Crippen LogP contribution in [-0.2, 0) is 10.0 Å². The van der Waals surface area contributed by atoms with Crippen molar-refractivity contribution in [3.8, 4) is 0 Å². The third kappa shape index (κ3) is 2.46. The second kappa shape index (κ2) is 3.79. The molecule has 0 aromatic heterocycles. The zero-order chi connectivity index (χ0) is 10.9. The Bertz CT molecular complexity index is 458. The summed E-state index contributed by atoms with van der Waals surface area (Å²) in [6.07, 6.45) is 3.58. The van der Waals surface area contributed by atoms with Crippen molar-refractivity contribution in [2.75, 3.05) is 0 Å². The third-order valence-electron chi connectivity index (χ3n) is 2.33. The second-order valence-electron chi connectivity index (χ2n) is 3.67. The van der Waals surface area contributed by atoms with Gasteiger partial charge in [0.1, 0.15) is 0 Å². The van der Waals surface area contributed by atoms with Gasteiger partial charge in [-0.15, -0.1) is 0 Å². The van der Waals surface area contributed by atoms with Gasteiger partial charge in [0, 0.05) is 6.04 Å². The Morgan fingerprint density at radius 3 is 2.33 bits per heavy atom. The molecule has 1 aliphatic carbocycles. The summed E-state index contributed by atoms with van der Waals surface area (Å²) in [7, 11) is -3.31. The Balaban J connectivity index is 2.23. The fraction of sp³-hybridized carbons (Fsp3) is 0.273. The van der Waals surface area contributed by atoms with Crippen LogP contribution in [0.2, 0.25) is 0 Å². The molecule has 1 aromatic carbocycles. The number of hydrogen-bond donors (Lipinski definition) is 1. The Morgan fingerprint density at radius 2 is 1.87 bits per heavy atom. The van der Waals surface area contributed by atoms with Gasteiger partial charge in [0.25, 0.3) is 0 Å². The molecular weight excluding hydrogens is 210 g/mol. The van der Waals surface area contributed by atoms with E-state index in [1.54, 1.807) is 30.3 Å². The third-order valence-corrected chi connectivity index (χ3v) is 3.86. The lowest BCUT2D eigenvalue weighted by Gasteiger charge is -2.05. The first-order valence-electron chi connectivity index (χ1n) is 4.87. The smallest absolute Gasteiger partial charge is 0.208 e. The topological polar surface area (TPSA) is 46.2 Å². The van der Waals surface area contributed by atoms with Crippen LogP contribution in [0.5, 0.6) is 0 Å². The number of hydrogen-bond acceptors (Lipinski definition) is 2. The molecule has 0 heterocycles. The maximum absolute atomic E-state index is 11.7. The quantitative estimate of drug-likeness (QED) is 0.845. The summed E-state index contributed by atoms with van der Waals surface area (Å²) in [4.78, 5) is 0.319. The molecule has 0 atom stereocenters. The minimum absolute atomic E-state index is 0.147. The van der Waals surface area contributed by atoms with E-state index in [-0.39, 0.29) is 6.04 Å². The molecule has 0 unspecified atom stereocenters. The largest absolute Gasteiger partial charge is 0.240 e. The maximum Gasteiger partial charge on any atom is 0.240 e. The van der Waals surface area contributed by atoms with E-state index in [0.29, 0.717) is 4.90 Å². The van der Waals surface area contributed by atoms with Gasteiger partial charge in [-0.2, -0.15) is 0 Å². The highest BCUT2D eigenvalue weighted by Gasteiger charge is 2.27. The summed E-state index contributed by atoms with van der Waals surface area (Å²) in [6, 6.07) is 6.83. The van der Waals surface area contributed by atoms with Crippen LogP contribution in [0.3, 0.4) is 0 Å². The van der Waals surface area contributed by atoms with Gasteiger partial charge in [0.15, 0.2) is 0 Å². The van der Waals surface area contributed by atoms with E-state index in [4.69, 9.17) is 0 Å². The molecule has 0 aliphatic heterocycles. The Morgan fingerprint density at radius 1 is 1.27 bits per heavy atom. The molecular formula is C11H13NO2S. The maximum atomic E-state index is 11.7. The average Bonchev–Trinajstić information content (AvgIpc) is 3.01. The molecule has 1 fully saturated rings. The lowest BCUT2D eigenvalue weighted by Crippen LogP contribution is -2.25. The van der Waals surface area contributed by atoms with E-state index in [1.807, 2.05) is 0 Å². The lowest BCUT2D eigenvalue weighted by molar-refractivity contribution is 0.581. The van der Waals surface area contributed by atoms with E-state index in [2.05, 4.69) is 11.3 Å². The summed E-state index contributed by atoms with van der Waals surface area (Å²) >= 11 is 0.